The molecule has 0 heterocycles. The standard InChI is InChI=1S/C7H5Br2FO/c1-11-5-3-2-4(10)6(8)7(5)9/h2-3H,1H3. The summed E-state index contributed by atoms with van der Waals surface area (Å²) in [7, 11) is 1.53. The number of methoxy groups -OCH3 is 1. The number of hydrogen-bond donors (Lipinski definition) is 0. The number of halogens is 3. The van der Waals surface area contributed by atoms with Crippen LogP contribution in [0.1, 0.15) is 0 Å². The summed E-state index contributed by atoms with van der Waals surface area (Å²) in [6.07, 6.45) is 0. The zero-order valence-electron chi connectivity index (χ0n) is 5.70. The monoisotopic (exact) mass is 282 g/mol. The largest absolute Gasteiger partial charge is 0.496 e. The van der Waals surface area contributed by atoms with Gasteiger partial charge in [0.15, 0.2) is 0 Å². The van der Waals surface area contributed by atoms with Gasteiger partial charge in [0.1, 0.15) is 11.6 Å². The highest BCUT2D eigenvalue weighted by Gasteiger charge is 2.07. The predicted octanol–water partition coefficient (Wildman–Crippen LogP) is 3.36. The van der Waals surface area contributed by atoms with Gasteiger partial charge < -0.3 is 4.74 Å². The van der Waals surface area contributed by atoms with E-state index < -0.39 is 0 Å². The molecule has 0 aromatic heterocycles. The zero-order chi connectivity index (χ0) is 8.43. The first-order valence-electron chi connectivity index (χ1n) is 2.84. The van der Waals surface area contributed by atoms with Crippen molar-refractivity contribution < 1.29 is 9.13 Å². The minimum absolute atomic E-state index is 0.308. The summed E-state index contributed by atoms with van der Waals surface area (Å²) < 4.78 is 18.7. The van der Waals surface area contributed by atoms with E-state index in [0.29, 0.717) is 14.7 Å². The molecule has 1 aromatic rings. The fourth-order valence-corrected chi connectivity index (χ4v) is 1.48. The third-order valence-electron chi connectivity index (χ3n) is 1.22. The van der Waals surface area contributed by atoms with Crippen molar-refractivity contribution in [2.75, 3.05) is 7.11 Å². The van der Waals surface area contributed by atoms with E-state index in [9.17, 15) is 4.39 Å². The van der Waals surface area contributed by atoms with Crippen LogP contribution >= 0.6 is 31.9 Å². The van der Waals surface area contributed by atoms with Gasteiger partial charge in [-0.1, -0.05) is 0 Å². The highest BCUT2D eigenvalue weighted by molar-refractivity contribution is 9.13. The van der Waals surface area contributed by atoms with Crippen LogP contribution in [-0.4, -0.2) is 7.11 Å². The third-order valence-corrected chi connectivity index (χ3v) is 3.31. The molecule has 0 radical (unpaired) electrons. The maximum Gasteiger partial charge on any atom is 0.138 e. The van der Waals surface area contributed by atoms with Crippen LogP contribution in [0.2, 0.25) is 0 Å². The maximum absolute atomic E-state index is 12.8. The Bertz CT molecular complexity index is 275. The van der Waals surface area contributed by atoms with E-state index in [-0.39, 0.29) is 5.82 Å². The topological polar surface area (TPSA) is 9.23 Å². The second-order valence-electron chi connectivity index (χ2n) is 1.88. The van der Waals surface area contributed by atoms with E-state index in [4.69, 9.17) is 4.74 Å². The molecule has 0 aliphatic rings. The molecule has 1 nitrogen and oxygen atoms in total. The quantitative estimate of drug-likeness (QED) is 0.718. The molecular weight excluding hydrogens is 279 g/mol. The van der Waals surface area contributed by atoms with Gasteiger partial charge in [-0.2, -0.15) is 0 Å². The molecular formula is C7H5Br2FO. The first-order chi connectivity index (χ1) is 5.16. The van der Waals surface area contributed by atoms with Crippen LogP contribution in [0.3, 0.4) is 0 Å². The number of ether oxygens (including phenoxy) is 1. The molecule has 0 fully saturated rings. The van der Waals surface area contributed by atoms with Gasteiger partial charge >= 0.3 is 0 Å². The number of hydrogen-bond acceptors (Lipinski definition) is 1. The highest BCUT2D eigenvalue weighted by atomic mass is 79.9. The van der Waals surface area contributed by atoms with E-state index >= 15 is 0 Å². The molecule has 0 saturated heterocycles. The van der Waals surface area contributed by atoms with Crippen LogP contribution in [-0.2, 0) is 0 Å². The summed E-state index contributed by atoms with van der Waals surface area (Å²) in [5, 5.41) is 0. The van der Waals surface area contributed by atoms with E-state index in [1.807, 2.05) is 0 Å². The zero-order valence-corrected chi connectivity index (χ0v) is 8.87. The van der Waals surface area contributed by atoms with E-state index in [0.717, 1.165) is 0 Å². The van der Waals surface area contributed by atoms with Gasteiger partial charge in [-0.3, -0.25) is 0 Å². The summed E-state index contributed by atoms with van der Waals surface area (Å²) in [6, 6.07) is 2.90. The van der Waals surface area contributed by atoms with Crippen LogP contribution in [0, 0.1) is 5.82 Å². The minimum Gasteiger partial charge on any atom is -0.496 e. The average Bonchev–Trinajstić information content (AvgIpc) is 2.01. The van der Waals surface area contributed by atoms with Gasteiger partial charge in [0.05, 0.1) is 16.1 Å². The SMILES string of the molecule is COc1ccc(F)c(Br)c1Br. The Labute approximate surface area is 80.8 Å². The molecule has 1 aromatic carbocycles. The second-order valence-corrected chi connectivity index (χ2v) is 3.46. The van der Waals surface area contributed by atoms with Gasteiger partial charge in [0.2, 0.25) is 0 Å². The number of rotatable bonds is 1. The fraction of sp³-hybridized carbons (Fsp3) is 0.143. The molecule has 60 valence electrons. The second kappa shape index (κ2) is 3.54. The molecule has 1 rings (SSSR count). The smallest absolute Gasteiger partial charge is 0.138 e. The van der Waals surface area contributed by atoms with E-state index in [1.54, 1.807) is 6.07 Å². The Morgan fingerprint density at radius 1 is 1.27 bits per heavy atom. The Hall–Kier alpha value is -0.0900. The Morgan fingerprint density at radius 2 is 1.91 bits per heavy atom. The lowest BCUT2D eigenvalue weighted by atomic mass is 10.3. The molecule has 0 aliphatic carbocycles. The average molecular weight is 284 g/mol. The summed E-state index contributed by atoms with van der Waals surface area (Å²) in [5.74, 6) is 0.302. The molecule has 11 heavy (non-hydrogen) atoms. The lowest BCUT2D eigenvalue weighted by Gasteiger charge is -2.04. The van der Waals surface area contributed by atoms with Gasteiger partial charge in [-0.25, -0.2) is 4.39 Å². The van der Waals surface area contributed by atoms with Crippen LogP contribution in [0.25, 0.3) is 0 Å². The Balaban J connectivity index is 3.25. The number of benzene rings is 1. The molecule has 0 atom stereocenters. The van der Waals surface area contributed by atoms with Gasteiger partial charge in [0.25, 0.3) is 0 Å². The van der Waals surface area contributed by atoms with Crippen molar-refractivity contribution in [1.29, 1.82) is 0 Å². The Kier molecular flexibility index (Phi) is 2.90. The fourth-order valence-electron chi connectivity index (χ4n) is 0.666. The molecule has 4 heteroatoms. The Morgan fingerprint density at radius 3 is 2.45 bits per heavy atom. The summed E-state index contributed by atoms with van der Waals surface area (Å²) in [5.41, 5.74) is 0. The van der Waals surface area contributed by atoms with E-state index in [1.165, 1.54) is 13.2 Å². The highest BCUT2D eigenvalue weighted by Crippen LogP contribution is 2.33. The first kappa shape index (κ1) is 9.00. The van der Waals surface area contributed by atoms with Crippen LogP contribution in [0.4, 0.5) is 4.39 Å². The lowest BCUT2D eigenvalue weighted by molar-refractivity contribution is 0.410. The molecule has 0 amide bonds. The summed E-state index contributed by atoms with van der Waals surface area (Å²) in [4.78, 5) is 0. The third kappa shape index (κ3) is 1.73. The van der Waals surface area contributed by atoms with Gasteiger partial charge in [-0.15, -0.1) is 0 Å². The van der Waals surface area contributed by atoms with Crippen LogP contribution in [0.5, 0.6) is 5.75 Å². The first-order valence-corrected chi connectivity index (χ1v) is 4.43. The molecule has 0 unspecified atom stereocenters. The molecule has 0 N–H and O–H groups in total. The molecule has 0 spiro atoms. The lowest BCUT2D eigenvalue weighted by Crippen LogP contribution is -1.86. The summed E-state index contributed by atoms with van der Waals surface area (Å²) >= 11 is 6.25. The van der Waals surface area contributed by atoms with Crippen molar-refractivity contribution in [1.82, 2.24) is 0 Å². The summed E-state index contributed by atoms with van der Waals surface area (Å²) in [6.45, 7) is 0. The van der Waals surface area contributed by atoms with Crippen LogP contribution in [0.15, 0.2) is 21.1 Å². The van der Waals surface area contributed by atoms with Crippen molar-refractivity contribution in [2.24, 2.45) is 0 Å². The van der Waals surface area contributed by atoms with Crippen molar-refractivity contribution in [3.63, 3.8) is 0 Å². The molecule has 0 bridgehead atoms. The van der Waals surface area contributed by atoms with Crippen LogP contribution < -0.4 is 4.74 Å². The normalized spacial score (nSPS) is 9.82. The molecule has 0 saturated carbocycles. The van der Waals surface area contributed by atoms with Gasteiger partial charge in [0, 0.05) is 0 Å². The van der Waals surface area contributed by atoms with Gasteiger partial charge in [-0.05, 0) is 44.0 Å². The van der Waals surface area contributed by atoms with Crippen molar-refractivity contribution >= 4 is 31.9 Å². The predicted molar refractivity (Wildman–Crippen MR) is 48.4 cm³/mol. The molecule has 0 aliphatic heterocycles. The van der Waals surface area contributed by atoms with Crippen molar-refractivity contribution in [3.8, 4) is 5.75 Å². The minimum atomic E-state index is -0.308. The maximum atomic E-state index is 12.8. The van der Waals surface area contributed by atoms with Crippen molar-refractivity contribution in [3.05, 3.63) is 26.9 Å². The van der Waals surface area contributed by atoms with E-state index in [2.05, 4.69) is 31.9 Å². The van der Waals surface area contributed by atoms with Crippen molar-refractivity contribution in [2.45, 2.75) is 0 Å².